The van der Waals surface area contributed by atoms with E-state index in [0.29, 0.717) is 26.4 Å². The molecule has 0 aliphatic carbocycles. The third-order valence-corrected chi connectivity index (χ3v) is 4.18. The highest BCUT2D eigenvalue weighted by Crippen LogP contribution is 2.28. The van der Waals surface area contributed by atoms with E-state index in [1.54, 1.807) is 48.9 Å². The van der Waals surface area contributed by atoms with Gasteiger partial charge in [0.2, 0.25) is 5.78 Å². The number of hydrogen-bond donors (Lipinski definition) is 1. The van der Waals surface area contributed by atoms with E-state index in [1.807, 2.05) is 0 Å². The van der Waals surface area contributed by atoms with Crippen molar-refractivity contribution in [2.24, 2.45) is 7.05 Å². The summed E-state index contributed by atoms with van der Waals surface area (Å²) in [6.07, 6.45) is 0. The summed E-state index contributed by atoms with van der Waals surface area (Å²) in [5, 5.41) is 9.60. The summed E-state index contributed by atoms with van der Waals surface area (Å²) >= 11 is 9.24. The predicted octanol–water partition coefficient (Wildman–Crippen LogP) is 3.86. The minimum atomic E-state index is -0.940. The fourth-order valence-corrected chi connectivity index (χ4v) is 3.02. The van der Waals surface area contributed by atoms with Crippen LogP contribution in [0.5, 0.6) is 0 Å². The molecule has 0 aliphatic heterocycles. The van der Waals surface area contributed by atoms with Crippen LogP contribution in [0.1, 0.15) is 34.6 Å². The number of ketones is 1. The monoisotopic (exact) mass is 369 g/mol. The van der Waals surface area contributed by atoms with Gasteiger partial charge in [-0.2, -0.15) is 0 Å². The van der Waals surface area contributed by atoms with E-state index in [0.717, 1.165) is 0 Å². The van der Waals surface area contributed by atoms with Crippen LogP contribution in [-0.2, 0) is 11.8 Å². The molecule has 0 amide bonds. The molecule has 0 bridgehead atoms. The molecule has 2 aromatic rings. The van der Waals surface area contributed by atoms with Crippen molar-refractivity contribution in [2.75, 3.05) is 0 Å². The Hall–Kier alpha value is -1.59. The van der Waals surface area contributed by atoms with Crippen molar-refractivity contribution in [3.8, 4) is 0 Å². The van der Waals surface area contributed by atoms with Gasteiger partial charge in [0.15, 0.2) is 0 Å². The molecule has 4 nitrogen and oxygen atoms in total. The van der Waals surface area contributed by atoms with Crippen molar-refractivity contribution >= 4 is 39.3 Å². The van der Waals surface area contributed by atoms with Crippen LogP contribution in [0.3, 0.4) is 0 Å². The normalized spacial score (nSPS) is 12.2. The molecule has 1 aromatic carbocycles. The molecule has 0 saturated carbocycles. The summed E-state index contributed by atoms with van der Waals surface area (Å²) < 4.78 is 2.17. The number of nitrogens with zero attached hydrogens (tertiary/aromatic N) is 1. The van der Waals surface area contributed by atoms with Crippen LogP contribution in [0, 0.1) is 0 Å². The van der Waals surface area contributed by atoms with Crippen molar-refractivity contribution in [3.63, 3.8) is 0 Å². The first kappa shape index (κ1) is 15.8. The SMILES string of the molecule is CC(C(=O)O)c1cc(Br)c(C(=O)c2cccc(Cl)c2)n1C. The first-order valence-electron chi connectivity index (χ1n) is 6.21. The highest BCUT2D eigenvalue weighted by molar-refractivity contribution is 9.10. The number of carbonyl (C=O) groups is 2. The fourth-order valence-electron chi connectivity index (χ4n) is 2.15. The molecule has 0 saturated heterocycles. The summed E-state index contributed by atoms with van der Waals surface area (Å²) in [6, 6.07) is 8.32. The minimum Gasteiger partial charge on any atom is -0.481 e. The quantitative estimate of drug-likeness (QED) is 0.831. The molecule has 1 heterocycles. The van der Waals surface area contributed by atoms with Crippen molar-refractivity contribution in [2.45, 2.75) is 12.8 Å². The molecular formula is C15H13BrClNO3. The molecule has 1 unspecified atom stereocenters. The number of aromatic nitrogens is 1. The molecule has 110 valence electrons. The van der Waals surface area contributed by atoms with Gasteiger partial charge >= 0.3 is 5.97 Å². The second-order valence-corrected chi connectivity index (χ2v) is 6.01. The fraction of sp³-hybridized carbons (Fsp3) is 0.200. The molecule has 6 heteroatoms. The zero-order valence-electron chi connectivity index (χ0n) is 11.4. The van der Waals surface area contributed by atoms with Gasteiger partial charge in [0.25, 0.3) is 0 Å². The highest BCUT2D eigenvalue weighted by atomic mass is 79.9. The Balaban J connectivity index is 2.50. The minimum absolute atomic E-state index is 0.212. The van der Waals surface area contributed by atoms with E-state index >= 15 is 0 Å². The Labute approximate surface area is 135 Å². The molecular weight excluding hydrogens is 358 g/mol. The van der Waals surface area contributed by atoms with E-state index in [4.69, 9.17) is 16.7 Å². The van der Waals surface area contributed by atoms with Gasteiger partial charge in [-0.25, -0.2) is 0 Å². The number of carbonyl (C=O) groups excluding carboxylic acids is 1. The van der Waals surface area contributed by atoms with Crippen LogP contribution in [0.15, 0.2) is 34.8 Å². The third-order valence-electron chi connectivity index (χ3n) is 3.34. The topological polar surface area (TPSA) is 59.3 Å². The van der Waals surface area contributed by atoms with Crippen LogP contribution < -0.4 is 0 Å². The van der Waals surface area contributed by atoms with Gasteiger partial charge in [0.1, 0.15) is 5.69 Å². The van der Waals surface area contributed by atoms with Crippen molar-refractivity contribution < 1.29 is 14.7 Å². The second kappa shape index (κ2) is 6.03. The van der Waals surface area contributed by atoms with E-state index in [1.165, 1.54) is 0 Å². The van der Waals surface area contributed by atoms with Crippen molar-refractivity contribution in [1.82, 2.24) is 4.57 Å². The lowest BCUT2D eigenvalue weighted by atomic mass is 10.1. The second-order valence-electron chi connectivity index (χ2n) is 4.72. The number of carboxylic acid groups (broad SMARTS) is 1. The summed E-state index contributed by atoms with van der Waals surface area (Å²) in [7, 11) is 1.68. The van der Waals surface area contributed by atoms with Gasteiger partial charge < -0.3 is 9.67 Å². The maximum Gasteiger partial charge on any atom is 0.312 e. The Morgan fingerprint density at radius 2 is 2.00 bits per heavy atom. The molecule has 21 heavy (non-hydrogen) atoms. The number of hydrogen-bond acceptors (Lipinski definition) is 2. The van der Waals surface area contributed by atoms with Gasteiger partial charge in [0.05, 0.1) is 5.92 Å². The Bertz CT molecular complexity index is 724. The predicted molar refractivity (Wildman–Crippen MR) is 84.0 cm³/mol. The van der Waals surface area contributed by atoms with Crippen LogP contribution in [0.4, 0.5) is 0 Å². The largest absolute Gasteiger partial charge is 0.481 e. The summed E-state index contributed by atoms with van der Waals surface area (Å²) in [6.45, 7) is 1.58. The number of benzene rings is 1. The number of rotatable bonds is 4. The highest BCUT2D eigenvalue weighted by Gasteiger charge is 2.24. The van der Waals surface area contributed by atoms with Crippen LogP contribution in [0.25, 0.3) is 0 Å². The van der Waals surface area contributed by atoms with E-state index < -0.39 is 11.9 Å². The molecule has 2 rings (SSSR count). The summed E-state index contributed by atoms with van der Waals surface area (Å²) in [4.78, 5) is 23.7. The third kappa shape index (κ3) is 3.04. The van der Waals surface area contributed by atoms with Gasteiger partial charge in [0, 0.05) is 27.8 Å². The van der Waals surface area contributed by atoms with Crippen molar-refractivity contribution in [3.05, 3.63) is 56.8 Å². The first-order valence-corrected chi connectivity index (χ1v) is 7.38. The molecule has 0 radical (unpaired) electrons. The molecule has 1 atom stereocenters. The van der Waals surface area contributed by atoms with Crippen LogP contribution in [-0.4, -0.2) is 21.4 Å². The Kier molecular flexibility index (Phi) is 4.54. The molecule has 1 N–H and O–H groups in total. The van der Waals surface area contributed by atoms with Gasteiger partial charge in [-0.3, -0.25) is 9.59 Å². The van der Waals surface area contributed by atoms with E-state index in [2.05, 4.69) is 15.9 Å². The molecule has 1 aromatic heterocycles. The Morgan fingerprint density at radius 3 is 2.57 bits per heavy atom. The lowest BCUT2D eigenvalue weighted by Gasteiger charge is -2.10. The lowest BCUT2D eigenvalue weighted by molar-refractivity contribution is -0.138. The molecule has 0 aliphatic rings. The maximum atomic E-state index is 12.6. The number of halogens is 2. The number of carboxylic acids is 1. The smallest absolute Gasteiger partial charge is 0.312 e. The molecule has 0 spiro atoms. The Morgan fingerprint density at radius 1 is 1.33 bits per heavy atom. The van der Waals surface area contributed by atoms with Crippen molar-refractivity contribution in [1.29, 1.82) is 0 Å². The van der Waals surface area contributed by atoms with Crippen LogP contribution in [0.2, 0.25) is 5.02 Å². The first-order chi connectivity index (χ1) is 9.82. The van der Waals surface area contributed by atoms with Gasteiger partial charge in [-0.1, -0.05) is 23.7 Å². The zero-order chi connectivity index (χ0) is 15.7. The lowest BCUT2D eigenvalue weighted by Crippen LogP contribution is -2.15. The van der Waals surface area contributed by atoms with E-state index in [9.17, 15) is 9.59 Å². The zero-order valence-corrected chi connectivity index (χ0v) is 13.8. The average molecular weight is 371 g/mol. The summed E-state index contributed by atoms with van der Waals surface area (Å²) in [5.74, 6) is -1.85. The van der Waals surface area contributed by atoms with Gasteiger partial charge in [-0.15, -0.1) is 0 Å². The van der Waals surface area contributed by atoms with E-state index in [-0.39, 0.29) is 5.78 Å². The maximum absolute atomic E-state index is 12.6. The standard InChI is InChI=1S/C15H13BrClNO3/c1-8(15(20)21)12-7-11(16)13(18(12)2)14(19)9-4-3-5-10(17)6-9/h3-8H,1-2H3,(H,20,21). The summed E-state index contributed by atoms with van der Waals surface area (Å²) in [5.41, 5.74) is 1.42. The van der Waals surface area contributed by atoms with Gasteiger partial charge in [-0.05, 0) is 41.1 Å². The number of aliphatic carboxylic acids is 1. The molecule has 0 fully saturated rings. The average Bonchev–Trinajstić information content (AvgIpc) is 2.72. The van der Waals surface area contributed by atoms with Crippen LogP contribution >= 0.6 is 27.5 Å².